The molecule has 0 saturated heterocycles. The molecule has 1 aliphatic carbocycles. The van der Waals surface area contributed by atoms with E-state index < -0.39 is 0 Å². The highest BCUT2D eigenvalue weighted by Gasteiger charge is 2.15. The summed E-state index contributed by atoms with van der Waals surface area (Å²) in [5, 5.41) is 0. The van der Waals surface area contributed by atoms with Gasteiger partial charge in [-0.05, 0) is 66.6 Å². The molecule has 0 amide bonds. The average molecular weight is 463 g/mol. The van der Waals surface area contributed by atoms with E-state index in [2.05, 4.69) is 19.1 Å². The number of carbonyl (C=O) groups excluding carboxylic acids is 1. The van der Waals surface area contributed by atoms with Crippen molar-refractivity contribution in [3.8, 4) is 11.5 Å². The van der Waals surface area contributed by atoms with Gasteiger partial charge in [-0.1, -0.05) is 95.4 Å². The predicted octanol–water partition coefficient (Wildman–Crippen LogP) is 8.87. The van der Waals surface area contributed by atoms with Crippen molar-refractivity contribution >= 4 is 12.0 Å². The molecule has 0 heterocycles. The Morgan fingerprint density at radius 1 is 0.794 bits per heavy atom. The Balaban J connectivity index is 1.33. The van der Waals surface area contributed by atoms with Crippen LogP contribution in [-0.4, -0.2) is 12.6 Å². The number of esters is 1. The lowest BCUT2D eigenvalue weighted by Crippen LogP contribution is -2.06. The molecular weight excluding hydrogens is 420 g/mol. The summed E-state index contributed by atoms with van der Waals surface area (Å²) in [5.74, 6) is 1.77. The first-order chi connectivity index (χ1) is 16.7. The highest BCUT2D eigenvalue weighted by Crippen LogP contribution is 2.33. The number of hydrogen-bond donors (Lipinski definition) is 0. The van der Waals surface area contributed by atoms with Crippen LogP contribution in [0.4, 0.5) is 0 Å². The van der Waals surface area contributed by atoms with Crippen molar-refractivity contribution in [3.63, 3.8) is 0 Å². The number of unbranched alkanes of at least 4 members (excludes halogenated alkanes) is 7. The Morgan fingerprint density at radius 2 is 1.41 bits per heavy atom. The van der Waals surface area contributed by atoms with Crippen molar-refractivity contribution in [1.82, 2.24) is 0 Å². The van der Waals surface area contributed by atoms with Gasteiger partial charge in [0.25, 0.3) is 0 Å². The zero-order chi connectivity index (χ0) is 23.8. The first-order valence-electron chi connectivity index (χ1n) is 13.5. The maximum absolute atomic E-state index is 12.2. The van der Waals surface area contributed by atoms with Crippen LogP contribution in [0.2, 0.25) is 0 Å². The van der Waals surface area contributed by atoms with Crippen LogP contribution < -0.4 is 9.47 Å². The highest BCUT2D eigenvalue weighted by molar-refractivity contribution is 5.88. The molecular formula is C31H42O3. The lowest BCUT2D eigenvalue weighted by atomic mass is 9.84. The number of hydrogen-bond acceptors (Lipinski definition) is 3. The summed E-state index contributed by atoms with van der Waals surface area (Å²) in [6, 6.07) is 15.9. The van der Waals surface area contributed by atoms with Crippen molar-refractivity contribution in [1.29, 1.82) is 0 Å². The minimum atomic E-state index is -0.361. The molecule has 2 aromatic rings. The SMILES string of the molecule is CCCCCCCCCCOc1ccc(C=CC(=O)Oc2ccc(C3CCCCC3)cc2)cc1. The third-order valence-electron chi connectivity index (χ3n) is 6.73. The summed E-state index contributed by atoms with van der Waals surface area (Å²) in [5.41, 5.74) is 2.31. The van der Waals surface area contributed by atoms with Crippen molar-refractivity contribution < 1.29 is 14.3 Å². The van der Waals surface area contributed by atoms with Gasteiger partial charge in [0.15, 0.2) is 0 Å². The van der Waals surface area contributed by atoms with Gasteiger partial charge in [-0.2, -0.15) is 0 Å². The molecule has 1 fully saturated rings. The number of benzene rings is 2. The fraction of sp³-hybridized carbons (Fsp3) is 0.516. The smallest absolute Gasteiger partial charge is 0.336 e. The molecule has 34 heavy (non-hydrogen) atoms. The second-order valence-electron chi connectivity index (χ2n) is 9.55. The van der Waals surface area contributed by atoms with Gasteiger partial charge < -0.3 is 9.47 Å². The molecule has 0 radical (unpaired) electrons. The van der Waals surface area contributed by atoms with Gasteiger partial charge in [0, 0.05) is 6.08 Å². The molecule has 0 aromatic heterocycles. The maximum atomic E-state index is 12.2. The molecule has 184 valence electrons. The van der Waals surface area contributed by atoms with Crippen LogP contribution in [0.15, 0.2) is 54.6 Å². The van der Waals surface area contributed by atoms with E-state index in [4.69, 9.17) is 9.47 Å². The third-order valence-corrected chi connectivity index (χ3v) is 6.73. The summed E-state index contributed by atoms with van der Waals surface area (Å²) < 4.78 is 11.3. The van der Waals surface area contributed by atoms with Crippen LogP contribution in [0.3, 0.4) is 0 Å². The molecule has 0 unspecified atom stereocenters. The van der Waals surface area contributed by atoms with E-state index in [1.165, 1.54) is 88.7 Å². The van der Waals surface area contributed by atoms with Crippen LogP contribution in [0.1, 0.15) is 107 Å². The second kappa shape index (κ2) is 15.4. The zero-order valence-corrected chi connectivity index (χ0v) is 21.0. The Morgan fingerprint density at radius 3 is 2.09 bits per heavy atom. The summed E-state index contributed by atoms with van der Waals surface area (Å²) in [6.45, 7) is 3.02. The van der Waals surface area contributed by atoms with Gasteiger partial charge >= 0.3 is 5.97 Å². The largest absolute Gasteiger partial charge is 0.494 e. The molecule has 3 nitrogen and oxygen atoms in total. The number of rotatable bonds is 14. The van der Waals surface area contributed by atoms with Gasteiger partial charge in [-0.25, -0.2) is 4.79 Å². The minimum Gasteiger partial charge on any atom is -0.494 e. The average Bonchev–Trinajstić information content (AvgIpc) is 2.88. The fourth-order valence-electron chi connectivity index (χ4n) is 4.66. The van der Waals surface area contributed by atoms with E-state index in [-0.39, 0.29) is 5.97 Å². The summed E-state index contributed by atoms with van der Waals surface area (Å²) in [7, 11) is 0. The fourth-order valence-corrected chi connectivity index (χ4v) is 4.66. The van der Waals surface area contributed by atoms with E-state index in [1.54, 1.807) is 6.08 Å². The van der Waals surface area contributed by atoms with Gasteiger partial charge in [0.1, 0.15) is 11.5 Å². The zero-order valence-electron chi connectivity index (χ0n) is 21.0. The lowest BCUT2D eigenvalue weighted by molar-refractivity contribution is -0.128. The van der Waals surface area contributed by atoms with E-state index in [1.807, 2.05) is 36.4 Å². The Kier molecular flexibility index (Phi) is 11.8. The van der Waals surface area contributed by atoms with Crippen LogP contribution in [0.5, 0.6) is 11.5 Å². The van der Waals surface area contributed by atoms with E-state index in [0.29, 0.717) is 11.7 Å². The molecule has 0 aliphatic heterocycles. The second-order valence-corrected chi connectivity index (χ2v) is 9.55. The molecule has 0 spiro atoms. The van der Waals surface area contributed by atoms with E-state index in [9.17, 15) is 4.79 Å². The summed E-state index contributed by atoms with van der Waals surface area (Å²) in [4.78, 5) is 12.2. The third kappa shape index (κ3) is 9.75. The Bertz CT molecular complexity index is 845. The summed E-state index contributed by atoms with van der Waals surface area (Å²) in [6.07, 6.45) is 20.2. The van der Waals surface area contributed by atoms with Crippen LogP contribution >= 0.6 is 0 Å². The van der Waals surface area contributed by atoms with Gasteiger partial charge in [-0.15, -0.1) is 0 Å². The first kappa shape index (κ1) is 26.1. The molecule has 3 heteroatoms. The lowest BCUT2D eigenvalue weighted by Gasteiger charge is -2.21. The normalized spacial score (nSPS) is 14.4. The topological polar surface area (TPSA) is 35.5 Å². The van der Waals surface area contributed by atoms with Crippen molar-refractivity contribution in [2.75, 3.05) is 6.61 Å². The first-order valence-corrected chi connectivity index (χ1v) is 13.5. The highest BCUT2D eigenvalue weighted by atomic mass is 16.5. The van der Waals surface area contributed by atoms with Crippen molar-refractivity contribution in [2.45, 2.75) is 96.3 Å². The Labute approximate surface area is 206 Å². The van der Waals surface area contributed by atoms with Gasteiger partial charge in [0.2, 0.25) is 0 Å². The van der Waals surface area contributed by atoms with E-state index >= 15 is 0 Å². The number of carbonyl (C=O) groups is 1. The molecule has 3 rings (SSSR count). The monoisotopic (exact) mass is 462 g/mol. The Hall–Kier alpha value is -2.55. The van der Waals surface area contributed by atoms with Gasteiger partial charge in [0.05, 0.1) is 6.61 Å². The molecule has 1 saturated carbocycles. The van der Waals surface area contributed by atoms with Gasteiger partial charge in [-0.3, -0.25) is 0 Å². The summed E-state index contributed by atoms with van der Waals surface area (Å²) >= 11 is 0. The maximum Gasteiger partial charge on any atom is 0.336 e. The quantitative estimate of drug-likeness (QED) is 0.122. The number of ether oxygens (including phenoxy) is 2. The molecule has 0 atom stereocenters. The molecule has 2 aromatic carbocycles. The van der Waals surface area contributed by atoms with Crippen LogP contribution in [0, 0.1) is 0 Å². The minimum absolute atomic E-state index is 0.361. The van der Waals surface area contributed by atoms with Crippen LogP contribution in [-0.2, 0) is 4.79 Å². The van der Waals surface area contributed by atoms with Crippen molar-refractivity contribution in [2.24, 2.45) is 0 Å². The molecule has 0 bridgehead atoms. The predicted molar refractivity (Wildman–Crippen MR) is 141 cm³/mol. The van der Waals surface area contributed by atoms with Crippen molar-refractivity contribution in [3.05, 3.63) is 65.7 Å². The standard InChI is InChI=1S/C31H42O3/c1-2-3-4-5-6-7-8-12-25-33-29-20-15-26(16-21-29)17-24-31(32)34-30-22-18-28(19-23-30)27-13-10-9-11-14-27/h15-24,27H,2-14,25H2,1H3. The van der Waals surface area contributed by atoms with E-state index in [0.717, 1.165) is 24.3 Å². The molecule has 0 N–H and O–H groups in total. The molecule has 1 aliphatic rings. The van der Waals surface area contributed by atoms with Crippen LogP contribution in [0.25, 0.3) is 6.08 Å².